The number of amides is 2. The third-order valence-corrected chi connectivity index (χ3v) is 9.49. The predicted octanol–water partition coefficient (Wildman–Crippen LogP) is 4.83. The van der Waals surface area contributed by atoms with Crippen LogP contribution in [-0.2, 0) is 27.2 Å². The second-order valence-electron chi connectivity index (χ2n) is 11.7. The van der Waals surface area contributed by atoms with Gasteiger partial charge in [0, 0.05) is 6.04 Å². The van der Waals surface area contributed by atoms with Crippen LogP contribution in [0.15, 0.2) is 36.4 Å². The van der Waals surface area contributed by atoms with Crippen molar-refractivity contribution in [3.8, 4) is 11.5 Å². The summed E-state index contributed by atoms with van der Waals surface area (Å²) >= 11 is 0. The van der Waals surface area contributed by atoms with Crippen LogP contribution < -0.4 is 19.7 Å². The molecule has 0 bridgehead atoms. The number of rotatable bonds is 7. The van der Waals surface area contributed by atoms with E-state index in [-0.39, 0.29) is 11.8 Å². The lowest BCUT2D eigenvalue weighted by Crippen LogP contribution is -2.57. The van der Waals surface area contributed by atoms with Gasteiger partial charge in [-0.1, -0.05) is 70.2 Å². The minimum absolute atomic E-state index is 0.183. The quantitative estimate of drug-likeness (QED) is 0.480. The molecular weight excluding hydrogens is 508 g/mol. The molecule has 40 heavy (non-hydrogen) atoms. The lowest BCUT2D eigenvalue weighted by Gasteiger charge is -2.36. The van der Waals surface area contributed by atoms with Crippen LogP contribution in [0.4, 0.5) is 5.69 Å². The summed E-state index contributed by atoms with van der Waals surface area (Å²) in [6.45, 7) is 4.89. The second kappa shape index (κ2) is 10.5. The maximum atomic E-state index is 14.5. The molecule has 0 aromatic heterocycles. The summed E-state index contributed by atoms with van der Waals surface area (Å²) in [5.74, 6) is -2.27. The molecule has 2 aromatic rings. The fourth-order valence-corrected chi connectivity index (χ4v) is 7.58. The van der Waals surface area contributed by atoms with Crippen LogP contribution in [0, 0.1) is 17.8 Å². The number of aryl methyl sites for hydroxylation is 2. The van der Waals surface area contributed by atoms with Crippen molar-refractivity contribution in [3.05, 3.63) is 53.1 Å². The van der Waals surface area contributed by atoms with Gasteiger partial charge in [0.25, 0.3) is 0 Å². The molecule has 2 saturated heterocycles. The molecule has 3 heterocycles. The first-order chi connectivity index (χ1) is 19.4. The molecule has 3 fully saturated rings. The Balaban J connectivity index is 1.49. The number of nitrogens with one attached hydrogen (secondary N) is 1. The van der Waals surface area contributed by atoms with Crippen LogP contribution in [0.2, 0.25) is 0 Å². The van der Waals surface area contributed by atoms with E-state index in [2.05, 4.69) is 5.32 Å². The van der Waals surface area contributed by atoms with E-state index in [1.54, 1.807) is 0 Å². The third-order valence-electron chi connectivity index (χ3n) is 9.49. The van der Waals surface area contributed by atoms with Gasteiger partial charge in [-0.3, -0.25) is 19.7 Å². The molecule has 3 aliphatic heterocycles. The normalized spacial score (nSPS) is 28.1. The van der Waals surface area contributed by atoms with Gasteiger partial charge < -0.3 is 14.6 Å². The van der Waals surface area contributed by atoms with E-state index >= 15 is 0 Å². The van der Waals surface area contributed by atoms with Gasteiger partial charge in [0.1, 0.15) is 18.8 Å². The topological polar surface area (TPSA) is 105 Å². The number of ether oxygens (including phenoxy) is 2. The molecule has 4 atom stereocenters. The molecule has 2 aromatic carbocycles. The van der Waals surface area contributed by atoms with Gasteiger partial charge in [-0.2, -0.15) is 0 Å². The van der Waals surface area contributed by atoms with Crippen LogP contribution in [0.1, 0.15) is 75.1 Å². The van der Waals surface area contributed by atoms with Crippen LogP contribution in [0.5, 0.6) is 11.5 Å². The van der Waals surface area contributed by atoms with Crippen molar-refractivity contribution in [1.82, 2.24) is 5.32 Å². The Morgan fingerprint density at radius 2 is 1.65 bits per heavy atom. The van der Waals surface area contributed by atoms with E-state index in [0.717, 1.165) is 48.8 Å². The largest absolute Gasteiger partial charge is 0.486 e. The molecule has 8 nitrogen and oxygen atoms in total. The Kier molecular flexibility index (Phi) is 7.07. The SMILES string of the molecule is CCc1cccc(CC)c1N1C(=O)C2C(c3ccc4c(c3)OCCO4)NC(CC3CCCCC3)(C(=O)O)C2C1=O. The van der Waals surface area contributed by atoms with E-state index in [1.165, 1.54) is 4.90 Å². The van der Waals surface area contributed by atoms with Gasteiger partial charge in [-0.05, 0) is 54.0 Å². The Morgan fingerprint density at radius 1 is 0.975 bits per heavy atom. The van der Waals surface area contributed by atoms with Gasteiger partial charge in [0.15, 0.2) is 11.5 Å². The number of hydrogen-bond donors (Lipinski definition) is 2. The molecule has 4 aliphatic rings. The second-order valence-corrected chi connectivity index (χ2v) is 11.7. The number of imide groups is 1. The monoisotopic (exact) mass is 546 g/mol. The molecular formula is C32H38N2O6. The molecule has 8 heteroatoms. The van der Waals surface area contributed by atoms with Crippen molar-refractivity contribution in [3.63, 3.8) is 0 Å². The Morgan fingerprint density at radius 3 is 2.30 bits per heavy atom. The number of carbonyl (C=O) groups excluding carboxylic acids is 2. The number of anilines is 1. The molecule has 0 spiro atoms. The van der Waals surface area contributed by atoms with Gasteiger partial charge in [0.2, 0.25) is 11.8 Å². The lowest BCUT2D eigenvalue weighted by atomic mass is 9.72. The van der Waals surface area contributed by atoms with Gasteiger partial charge in [0.05, 0.1) is 17.5 Å². The van der Waals surface area contributed by atoms with Crippen molar-refractivity contribution in [1.29, 1.82) is 0 Å². The summed E-state index contributed by atoms with van der Waals surface area (Å²) in [6.07, 6.45) is 6.78. The van der Waals surface area contributed by atoms with E-state index in [1.807, 2.05) is 50.2 Å². The summed E-state index contributed by atoms with van der Waals surface area (Å²) in [6, 6.07) is 10.7. The highest BCUT2D eigenvalue weighted by molar-refractivity contribution is 6.25. The number of aliphatic carboxylic acids is 1. The molecule has 2 N–H and O–H groups in total. The number of fused-ring (bicyclic) bond motifs is 2. The maximum absolute atomic E-state index is 14.5. The van der Waals surface area contributed by atoms with E-state index in [0.29, 0.717) is 49.7 Å². The molecule has 1 saturated carbocycles. The first kappa shape index (κ1) is 26.8. The number of para-hydroxylation sites is 1. The highest BCUT2D eigenvalue weighted by Crippen LogP contribution is 2.54. The fourth-order valence-electron chi connectivity index (χ4n) is 7.58. The summed E-state index contributed by atoms with van der Waals surface area (Å²) in [4.78, 5) is 43.5. The first-order valence-corrected chi connectivity index (χ1v) is 14.8. The number of nitrogens with zero attached hydrogens (tertiary/aromatic N) is 1. The third kappa shape index (κ3) is 4.19. The molecule has 4 unspecified atom stereocenters. The van der Waals surface area contributed by atoms with E-state index < -0.39 is 35.3 Å². The smallest absolute Gasteiger partial charge is 0.324 e. The average Bonchev–Trinajstić information content (AvgIpc) is 3.46. The number of carbonyl (C=O) groups is 3. The molecule has 2 amide bonds. The van der Waals surface area contributed by atoms with Gasteiger partial charge in [-0.15, -0.1) is 0 Å². The Hall–Kier alpha value is -3.39. The number of benzene rings is 2. The van der Waals surface area contributed by atoms with Crippen LogP contribution in [0.25, 0.3) is 0 Å². The predicted molar refractivity (Wildman–Crippen MR) is 150 cm³/mol. The van der Waals surface area contributed by atoms with Crippen LogP contribution >= 0.6 is 0 Å². The highest BCUT2D eigenvalue weighted by Gasteiger charge is 2.69. The van der Waals surface area contributed by atoms with Crippen molar-refractivity contribution in [2.45, 2.75) is 76.8 Å². The lowest BCUT2D eigenvalue weighted by molar-refractivity contribution is -0.150. The van der Waals surface area contributed by atoms with Gasteiger partial charge in [-0.25, -0.2) is 4.90 Å². The van der Waals surface area contributed by atoms with Crippen molar-refractivity contribution < 1.29 is 29.0 Å². The number of carboxylic acids is 1. The zero-order valence-electron chi connectivity index (χ0n) is 23.3. The Labute approximate surface area is 235 Å². The molecule has 212 valence electrons. The van der Waals surface area contributed by atoms with E-state index in [9.17, 15) is 19.5 Å². The molecule has 0 radical (unpaired) electrons. The summed E-state index contributed by atoms with van der Waals surface area (Å²) in [5.41, 5.74) is 1.65. The number of hydrogen-bond acceptors (Lipinski definition) is 6. The summed E-state index contributed by atoms with van der Waals surface area (Å²) < 4.78 is 11.5. The van der Waals surface area contributed by atoms with Crippen LogP contribution in [-0.4, -0.2) is 41.6 Å². The first-order valence-electron chi connectivity index (χ1n) is 14.8. The molecule has 6 rings (SSSR count). The summed E-state index contributed by atoms with van der Waals surface area (Å²) in [7, 11) is 0. The van der Waals surface area contributed by atoms with Crippen molar-refractivity contribution in [2.75, 3.05) is 18.1 Å². The van der Waals surface area contributed by atoms with Crippen molar-refractivity contribution >= 4 is 23.5 Å². The zero-order valence-corrected chi connectivity index (χ0v) is 23.3. The van der Waals surface area contributed by atoms with Gasteiger partial charge >= 0.3 is 5.97 Å². The average molecular weight is 547 g/mol. The Bertz CT molecular complexity index is 1310. The minimum Gasteiger partial charge on any atom is -0.486 e. The summed E-state index contributed by atoms with van der Waals surface area (Å²) in [5, 5.41) is 14.3. The maximum Gasteiger partial charge on any atom is 0.324 e. The fraction of sp³-hybridized carbons (Fsp3) is 0.531. The zero-order chi connectivity index (χ0) is 28.0. The molecule has 1 aliphatic carbocycles. The van der Waals surface area contributed by atoms with Crippen molar-refractivity contribution in [2.24, 2.45) is 17.8 Å². The highest BCUT2D eigenvalue weighted by atomic mass is 16.6. The van der Waals surface area contributed by atoms with Crippen LogP contribution in [0.3, 0.4) is 0 Å². The van der Waals surface area contributed by atoms with E-state index in [4.69, 9.17) is 9.47 Å². The standard InChI is InChI=1S/C32H38N2O6/c1-3-20-11-8-12-21(4-2)28(20)34-29(35)25-26(30(34)36)32(31(37)38,18-19-9-6-5-7-10-19)33-27(25)22-13-14-23-24(17-22)40-16-15-39-23/h8,11-14,17,19,25-27,33H,3-7,9-10,15-16,18H2,1-2H3,(H,37,38). The minimum atomic E-state index is -1.54. The number of carboxylic acid groups (broad SMARTS) is 1.